The average Bonchev–Trinajstić information content (AvgIpc) is 2.45. The molecule has 2 rings (SSSR count). The van der Waals surface area contributed by atoms with E-state index in [1.807, 2.05) is 0 Å². The number of benzene rings is 1. The van der Waals surface area contributed by atoms with Crippen molar-refractivity contribution in [3.8, 4) is 0 Å². The molecule has 1 unspecified atom stereocenters. The zero-order valence-corrected chi connectivity index (χ0v) is 17.7. The Bertz CT molecular complexity index is 510. The van der Waals surface area contributed by atoms with Crippen LogP contribution in [0.15, 0.2) is 23.2 Å². The molecule has 1 fully saturated rings. The summed E-state index contributed by atoms with van der Waals surface area (Å²) in [6, 6.07) is 6.33. The Morgan fingerprint density at radius 1 is 1.25 bits per heavy atom. The molecule has 0 radical (unpaired) electrons. The number of guanidine groups is 1. The maximum Gasteiger partial charge on any atom is 0.193 e. The van der Waals surface area contributed by atoms with E-state index in [1.165, 1.54) is 50.0 Å². The molecule has 0 amide bonds. The molecule has 0 saturated carbocycles. The fourth-order valence-electron chi connectivity index (χ4n) is 3.37. The first kappa shape index (κ1) is 21.2. The van der Waals surface area contributed by atoms with Crippen molar-refractivity contribution in [3.63, 3.8) is 0 Å². The molecule has 1 aliphatic heterocycles. The number of aliphatic imine (C=N–C) groups is 1. The number of anilines is 1. The largest absolute Gasteiger partial charge is 0.370 e. The van der Waals surface area contributed by atoms with Crippen molar-refractivity contribution in [1.82, 2.24) is 4.90 Å². The third kappa shape index (κ3) is 7.83. The Kier molecular flexibility index (Phi) is 9.66. The van der Waals surface area contributed by atoms with Crippen molar-refractivity contribution in [1.29, 1.82) is 0 Å². The van der Waals surface area contributed by atoms with Crippen LogP contribution in [0.2, 0.25) is 0 Å². The van der Waals surface area contributed by atoms with E-state index in [1.54, 1.807) is 0 Å². The maximum atomic E-state index is 5.98. The number of nitrogens with two attached hydrogens (primary N) is 1. The van der Waals surface area contributed by atoms with E-state index in [9.17, 15) is 0 Å². The molecule has 3 N–H and O–H groups in total. The van der Waals surface area contributed by atoms with Crippen molar-refractivity contribution in [3.05, 3.63) is 29.3 Å². The van der Waals surface area contributed by atoms with Gasteiger partial charge < -0.3 is 16.0 Å². The fourth-order valence-corrected chi connectivity index (χ4v) is 3.37. The molecule has 1 atom stereocenters. The number of piperidine rings is 1. The summed E-state index contributed by atoms with van der Waals surface area (Å²) in [7, 11) is 0. The molecule has 0 aromatic heterocycles. The molecule has 1 saturated heterocycles. The van der Waals surface area contributed by atoms with Crippen LogP contribution in [0.3, 0.4) is 0 Å². The highest BCUT2D eigenvalue weighted by molar-refractivity contribution is 14.0. The molecule has 5 heteroatoms. The lowest BCUT2D eigenvalue weighted by Gasteiger charge is -2.30. The number of likely N-dealkylation sites (tertiary alicyclic amines) is 1. The average molecular weight is 444 g/mol. The molecule has 1 aliphatic rings. The topological polar surface area (TPSA) is 53.6 Å². The van der Waals surface area contributed by atoms with Crippen molar-refractivity contribution in [2.24, 2.45) is 16.6 Å². The highest BCUT2D eigenvalue weighted by Crippen LogP contribution is 2.16. The molecular weight excluding hydrogens is 411 g/mol. The van der Waals surface area contributed by atoms with Gasteiger partial charge in [-0.25, -0.2) is 0 Å². The summed E-state index contributed by atoms with van der Waals surface area (Å²) in [5.41, 5.74) is 9.46. The smallest absolute Gasteiger partial charge is 0.193 e. The number of aryl methyl sites for hydroxylation is 2. The van der Waals surface area contributed by atoms with Gasteiger partial charge >= 0.3 is 0 Å². The summed E-state index contributed by atoms with van der Waals surface area (Å²) in [6.45, 7) is 11.1. The number of hydrogen-bond donors (Lipinski definition) is 2. The minimum absolute atomic E-state index is 0. The second-order valence-corrected chi connectivity index (χ2v) is 7.02. The van der Waals surface area contributed by atoms with E-state index < -0.39 is 0 Å². The number of hydrogen-bond acceptors (Lipinski definition) is 2. The first-order valence-corrected chi connectivity index (χ1v) is 8.90. The van der Waals surface area contributed by atoms with Gasteiger partial charge in [0.15, 0.2) is 5.96 Å². The Morgan fingerprint density at radius 2 is 1.96 bits per heavy atom. The molecule has 24 heavy (non-hydrogen) atoms. The lowest BCUT2D eigenvalue weighted by atomic mass is 10.0. The second-order valence-electron chi connectivity index (χ2n) is 7.02. The molecule has 1 aromatic carbocycles. The Morgan fingerprint density at radius 3 is 2.62 bits per heavy atom. The summed E-state index contributed by atoms with van der Waals surface area (Å²) in [4.78, 5) is 7.03. The predicted octanol–water partition coefficient (Wildman–Crippen LogP) is 4.16. The minimum atomic E-state index is 0. The van der Waals surface area contributed by atoms with E-state index in [0.717, 1.165) is 24.6 Å². The van der Waals surface area contributed by atoms with Gasteiger partial charge in [-0.05, 0) is 81.8 Å². The van der Waals surface area contributed by atoms with Gasteiger partial charge in [0.2, 0.25) is 0 Å². The van der Waals surface area contributed by atoms with E-state index in [0.29, 0.717) is 5.96 Å². The standard InChI is InChI=1S/C19H32N4.HI/c1-15-7-6-10-23(14-15)9-5-4-8-21-19(20)22-18-12-16(2)11-17(3)13-18;/h11-13,15H,4-10,14H2,1-3H3,(H3,20,21,22);1H. The lowest BCUT2D eigenvalue weighted by Crippen LogP contribution is -2.35. The van der Waals surface area contributed by atoms with Gasteiger partial charge in [-0.15, -0.1) is 24.0 Å². The van der Waals surface area contributed by atoms with Crippen molar-refractivity contribution < 1.29 is 0 Å². The summed E-state index contributed by atoms with van der Waals surface area (Å²) < 4.78 is 0. The van der Waals surface area contributed by atoms with Gasteiger partial charge in [0.05, 0.1) is 0 Å². The van der Waals surface area contributed by atoms with E-state index in [4.69, 9.17) is 5.73 Å². The summed E-state index contributed by atoms with van der Waals surface area (Å²) >= 11 is 0. The van der Waals surface area contributed by atoms with Crippen LogP contribution in [0.4, 0.5) is 5.69 Å². The van der Waals surface area contributed by atoms with Crippen molar-refractivity contribution >= 4 is 35.6 Å². The maximum absolute atomic E-state index is 5.98. The van der Waals surface area contributed by atoms with Gasteiger partial charge in [0, 0.05) is 18.8 Å². The van der Waals surface area contributed by atoms with Crippen LogP contribution in [0, 0.1) is 19.8 Å². The van der Waals surface area contributed by atoms with E-state index in [-0.39, 0.29) is 24.0 Å². The van der Waals surface area contributed by atoms with Gasteiger partial charge in [0.1, 0.15) is 0 Å². The van der Waals surface area contributed by atoms with Crippen molar-refractivity contribution in [2.75, 3.05) is 31.5 Å². The van der Waals surface area contributed by atoms with Crippen LogP contribution < -0.4 is 11.1 Å². The summed E-state index contributed by atoms with van der Waals surface area (Å²) in [5, 5.41) is 3.19. The minimum Gasteiger partial charge on any atom is -0.370 e. The SMILES string of the molecule is Cc1cc(C)cc(NC(N)=NCCCCN2CCCC(C)C2)c1.I. The quantitative estimate of drug-likeness (QED) is 0.300. The number of halogens is 1. The van der Waals surface area contributed by atoms with Crippen LogP contribution in [-0.2, 0) is 0 Å². The van der Waals surface area contributed by atoms with E-state index in [2.05, 4.69) is 54.2 Å². The van der Waals surface area contributed by atoms with Gasteiger partial charge in [-0.3, -0.25) is 4.99 Å². The van der Waals surface area contributed by atoms with Crippen LogP contribution in [0.25, 0.3) is 0 Å². The highest BCUT2D eigenvalue weighted by Gasteiger charge is 2.15. The van der Waals surface area contributed by atoms with Crippen LogP contribution >= 0.6 is 24.0 Å². The molecule has 0 spiro atoms. The summed E-state index contributed by atoms with van der Waals surface area (Å²) in [5.74, 6) is 1.38. The third-order valence-electron chi connectivity index (χ3n) is 4.40. The van der Waals surface area contributed by atoms with Gasteiger partial charge in [0.25, 0.3) is 0 Å². The Hall–Kier alpha value is -0.820. The normalized spacial score (nSPS) is 19.0. The molecule has 136 valence electrons. The first-order chi connectivity index (χ1) is 11.0. The zero-order valence-electron chi connectivity index (χ0n) is 15.3. The third-order valence-corrected chi connectivity index (χ3v) is 4.40. The molecule has 4 nitrogen and oxygen atoms in total. The number of nitrogens with zero attached hydrogens (tertiary/aromatic N) is 2. The van der Waals surface area contributed by atoms with Crippen LogP contribution in [0.5, 0.6) is 0 Å². The van der Waals surface area contributed by atoms with Crippen molar-refractivity contribution in [2.45, 2.75) is 46.5 Å². The fraction of sp³-hybridized carbons (Fsp3) is 0.632. The summed E-state index contributed by atoms with van der Waals surface area (Å²) in [6.07, 6.45) is 5.04. The zero-order chi connectivity index (χ0) is 16.7. The second kappa shape index (κ2) is 10.9. The molecule has 1 aromatic rings. The lowest BCUT2D eigenvalue weighted by molar-refractivity contribution is 0.181. The monoisotopic (exact) mass is 444 g/mol. The number of unbranched alkanes of at least 4 members (excludes halogenated alkanes) is 1. The first-order valence-electron chi connectivity index (χ1n) is 8.90. The van der Waals surface area contributed by atoms with Crippen LogP contribution in [0.1, 0.15) is 43.7 Å². The van der Waals surface area contributed by atoms with Gasteiger partial charge in [-0.1, -0.05) is 13.0 Å². The van der Waals surface area contributed by atoms with E-state index >= 15 is 0 Å². The molecule has 0 bridgehead atoms. The molecule has 1 heterocycles. The predicted molar refractivity (Wildman–Crippen MR) is 116 cm³/mol. The molecular formula is C19H33IN4. The Labute approximate surface area is 164 Å². The number of rotatable bonds is 6. The molecule has 0 aliphatic carbocycles. The Balaban J connectivity index is 0.00000288. The van der Waals surface area contributed by atoms with Gasteiger partial charge in [-0.2, -0.15) is 0 Å². The number of nitrogens with one attached hydrogen (secondary N) is 1. The highest BCUT2D eigenvalue weighted by atomic mass is 127. The van der Waals surface area contributed by atoms with Crippen LogP contribution in [-0.4, -0.2) is 37.0 Å².